The first-order valence-electron chi connectivity index (χ1n) is 5.63. The number of phenols is 1. The summed E-state index contributed by atoms with van der Waals surface area (Å²) in [4.78, 5) is 15.1. The Morgan fingerprint density at radius 1 is 1.33 bits per heavy atom. The van der Waals surface area contributed by atoms with E-state index in [0.29, 0.717) is 19.8 Å². The van der Waals surface area contributed by atoms with Gasteiger partial charge in [0.1, 0.15) is 5.75 Å². The summed E-state index contributed by atoms with van der Waals surface area (Å²) < 4.78 is 1.48. The molecule has 0 saturated heterocycles. The van der Waals surface area contributed by atoms with Crippen molar-refractivity contribution >= 4 is 68.0 Å². The summed E-state index contributed by atoms with van der Waals surface area (Å²) in [7, 11) is 0. The average Bonchev–Trinajstić information content (AvgIpc) is 2.42. The van der Waals surface area contributed by atoms with E-state index in [9.17, 15) is 9.90 Å². The summed E-state index contributed by atoms with van der Waals surface area (Å²) in [5.41, 5.74) is 0.927. The number of hydrogen-bond acceptors (Lipinski definition) is 3. The van der Waals surface area contributed by atoms with E-state index >= 15 is 0 Å². The van der Waals surface area contributed by atoms with Gasteiger partial charge in [-0.15, -0.1) is 0 Å². The molecule has 0 heterocycles. The van der Waals surface area contributed by atoms with Gasteiger partial charge in [-0.3, -0.25) is 4.99 Å². The highest BCUT2D eigenvalue weighted by atomic mass is 127. The van der Waals surface area contributed by atoms with Crippen molar-refractivity contribution < 1.29 is 15.0 Å². The lowest BCUT2D eigenvalue weighted by molar-refractivity contribution is 0.0697. The lowest BCUT2D eigenvalue weighted by Gasteiger charge is -2.04. The summed E-state index contributed by atoms with van der Waals surface area (Å²) in [6, 6.07) is 7.73. The second kappa shape index (κ2) is 6.76. The van der Waals surface area contributed by atoms with Gasteiger partial charge in [-0.2, -0.15) is 0 Å². The fraction of sp³-hybridized carbons (Fsp3) is 0. The molecule has 2 aromatic rings. The Kier molecular flexibility index (Phi) is 5.23. The van der Waals surface area contributed by atoms with Crippen LogP contribution in [0, 0.1) is 3.57 Å². The molecule has 2 N–H and O–H groups in total. The first-order chi connectivity index (χ1) is 9.88. The zero-order valence-corrected chi connectivity index (χ0v) is 14.8. The van der Waals surface area contributed by atoms with E-state index in [-0.39, 0.29) is 11.3 Å². The molecule has 0 aliphatic rings. The SMILES string of the molecule is O=C(O)c1ccc(Cl)c(N=Cc2cc(Br)cc(I)c2O)c1. The molecule has 0 aliphatic carbocycles. The van der Waals surface area contributed by atoms with Gasteiger partial charge in [0.05, 0.1) is 19.8 Å². The van der Waals surface area contributed by atoms with E-state index in [4.69, 9.17) is 16.7 Å². The number of nitrogens with zero attached hydrogens (tertiary/aromatic N) is 1. The zero-order valence-electron chi connectivity index (χ0n) is 10.3. The van der Waals surface area contributed by atoms with Gasteiger partial charge < -0.3 is 10.2 Å². The number of phenolic OH excluding ortho intramolecular Hbond substituents is 1. The first kappa shape index (κ1) is 16.3. The lowest BCUT2D eigenvalue weighted by atomic mass is 10.2. The van der Waals surface area contributed by atoms with Crippen LogP contribution >= 0.6 is 50.1 Å². The van der Waals surface area contributed by atoms with E-state index in [0.717, 1.165) is 4.47 Å². The molecule has 108 valence electrons. The molecule has 0 spiro atoms. The van der Waals surface area contributed by atoms with Gasteiger partial charge in [0.15, 0.2) is 0 Å². The third-order valence-electron chi connectivity index (χ3n) is 2.59. The maximum absolute atomic E-state index is 10.9. The minimum Gasteiger partial charge on any atom is -0.506 e. The van der Waals surface area contributed by atoms with Crippen LogP contribution in [0.3, 0.4) is 0 Å². The van der Waals surface area contributed by atoms with Gasteiger partial charge in [0.25, 0.3) is 0 Å². The Morgan fingerprint density at radius 2 is 2.05 bits per heavy atom. The van der Waals surface area contributed by atoms with Gasteiger partial charge in [-0.25, -0.2) is 4.79 Å². The van der Waals surface area contributed by atoms with Crippen LogP contribution in [-0.4, -0.2) is 22.4 Å². The van der Waals surface area contributed by atoms with E-state index in [1.807, 2.05) is 22.6 Å². The average molecular weight is 480 g/mol. The minimum atomic E-state index is -1.05. The predicted molar refractivity (Wildman–Crippen MR) is 94.2 cm³/mol. The number of aromatic carboxylic acids is 1. The third-order valence-corrected chi connectivity index (χ3v) is 4.19. The molecule has 0 amide bonds. The second-order valence-corrected chi connectivity index (χ2v) is 6.54. The number of carboxylic acids is 1. The maximum Gasteiger partial charge on any atom is 0.335 e. The zero-order chi connectivity index (χ0) is 15.6. The summed E-state index contributed by atoms with van der Waals surface area (Å²) in [5, 5.41) is 19.3. The highest BCUT2D eigenvalue weighted by molar-refractivity contribution is 14.1. The van der Waals surface area contributed by atoms with Crippen molar-refractivity contribution in [1.82, 2.24) is 0 Å². The number of halogens is 3. The molecular weight excluding hydrogens is 472 g/mol. The Labute approximate surface area is 147 Å². The second-order valence-electron chi connectivity index (χ2n) is 4.05. The van der Waals surface area contributed by atoms with Crippen molar-refractivity contribution in [1.29, 1.82) is 0 Å². The van der Waals surface area contributed by atoms with Gasteiger partial charge in [0.2, 0.25) is 0 Å². The normalized spacial score (nSPS) is 11.0. The van der Waals surface area contributed by atoms with Crippen molar-refractivity contribution in [2.75, 3.05) is 0 Å². The lowest BCUT2D eigenvalue weighted by Crippen LogP contribution is -1.95. The van der Waals surface area contributed by atoms with E-state index < -0.39 is 5.97 Å². The van der Waals surface area contributed by atoms with Crippen molar-refractivity contribution in [2.24, 2.45) is 4.99 Å². The molecule has 0 saturated carbocycles. The highest BCUT2D eigenvalue weighted by Crippen LogP contribution is 2.29. The summed E-state index contributed by atoms with van der Waals surface area (Å²) in [5.74, 6) is -0.948. The van der Waals surface area contributed by atoms with Crippen LogP contribution in [0.15, 0.2) is 39.8 Å². The van der Waals surface area contributed by atoms with Gasteiger partial charge in [-0.05, 0) is 52.9 Å². The molecule has 0 bridgehead atoms. The van der Waals surface area contributed by atoms with Gasteiger partial charge in [0, 0.05) is 16.3 Å². The summed E-state index contributed by atoms with van der Waals surface area (Å²) in [6.45, 7) is 0. The summed E-state index contributed by atoms with van der Waals surface area (Å²) in [6.07, 6.45) is 1.44. The number of hydrogen-bond donors (Lipinski definition) is 2. The Balaban J connectivity index is 2.42. The smallest absolute Gasteiger partial charge is 0.335 e. The molecule has 2 aromatic carbocycles. The van der Waals surface area contributed by atoms with Crippen molar-refractivity contribution in [3.05, 3.63) is 54.5 Å². The molecule has 0 unspecified atom stereocenters. The molecule has 0 aromatic heterocycles. The first-order valence-corrected chi connectivity index (χ1v) is 7.88. The van der Waals surface area contributed by atoms with Crippen LogP contribution in [0.4, 0.5) is 5.69 Å². The van der Waals surface area contributed by atoms with Crippen LogP contribution in [-0.2, 0) is 0 Å². The molecule has 0 aliphatic heterocycles. The van der Waals surface area contributed by atoms with Crippen molar-refractivity contribution in [3.8, 4) is 5.75 Å². The van der Waals surface area contributed by atoms with Crippen molar-refractivity contribution in [3.63, 3.8) is 0 Å². The van der Waals surface area contributed by atoms with Crippen LogP contribution in [0.25, 0.3) is 0 Å². The molecule has 21 heavy (non-hydrogen) atoms. The highest BCUT2D eigenvalue weighted by Gasteiger charge is 2.08. The number of rotatable bonds is 3. The number of aliphatic imine (C=N–C) groups is 1. The predicted octanol–water partition coefficient (Wildman–Crippen LogP) is 4.86. The number of benzene rings is 2. The summed E-state index contributed by atoms with van der Waals surface area (Å²) >= 11 is 11.3. The Hall–Kier alpha value is -1.12. The molecule has 2 rings (SSSR count). The molecule has 0 radical (unpaired) electrons. The largest absolute Gasteiger partial charge is 0.506 e. The monoisotopic (exact) mass is 479 g/mol. The molecule has 7 heteroatoms. The van der Waals surface area contributed by atoms with Crippen LogP contribution in [0.2, 0.25) is 5.02 Å². The van der Waals surface area contributed by atoms with Crippen LogP contribution < -0.4 is 0 Å². The Bertz CT molecular complexity index is 749. The number of carboxylic acid groups (broad SMARTS) is 1. The van der Waals surface area contributed by atoms with Gasteiger partial charge >= 0.3 is 5.97 Å². The fourth-order valence-electron chi connectivity index (χ4n) is 1.57. The Morgan fingerprint density at radius 3 is 2.71 bits per heavy atom. The number of carbonyl (C=O) groups is 1. The van der Waals surface area contributed by atoms with Crippen LogP contribution in [0.5, 0.6) is 5.75 Å². The van der Waals surface area contributed by atoms with E-state index in [1.165, 1.54) is 24.4 Å². The standard InChI is InChI=1S/C14H8BrClINO3/c15-9-3-8(13(19)11(17)5-9)6-18-12-4-7(14(20)21)1-2-10(12)16/h1-6,19H,(H,20,21). The topological polar surface area (TPSA) is 69.9 Å². The number of aromatic hydroxyl groups is 1. The van der Waals surface area contributed by atoms with Gasteiger partial charge in [-0.1, -0.05) is 27.5 Å². The van der Waals surface area contributed by atoms with E-state index in [2.05, 4.69) is 20.9 Å². The molecule has 0 fully saturated rings. The third kappa shape index (κ3) is 3.96. The van der Waals surface area contributed by atoms with Crippen molar-refractivity contribution in [2.45, 2.75) is 0 Å². The molecule has 0 atom stereocenters. The fourth-order valence-corrected chi connectivity index (χ4v) is 3.28. The maximum atomic E-state index is 10.9. The molecular formula is C14H8BrClINO3. The molecule has 4 nitrogen and oxygen atoms in total. The van der Waals surface area contributed by atoms with Crippen LogP contribution in [0.1, 0.15) is 15.9 Å². The minimum absolute atomic E-state index is 0.0968. The quantitative estimate of drug-likeness (QED) is 0.487. The van der Waals surface area contributed by atoms with E-state index in [1.54, 1.807) is 12.1 Å².